The number of anilines is 1. The molecule has 3 atom stereocenters. The van der Waals surface area contributed by atoms with E-state index < -0.39 is 34.7 Å². The molecule has 1 aliphatic carbocycles. The van der Waals surface area contributed by atoms with Crippen molar-refractivity contribution < 1.29 is 36.0 Å². The second-order valence-corrected chi connectivity index (χ2v) is 9.68. The summed E-state index contributed by atoms with van der Waals surface area (Å²) >= 11 is 0. The van der Waals surface area contributed by atoms with E-state index in [-0.39, 0.29) is 48.4 Å². The van der Waals surface area contributed by atoms with Gasteiger partial charge >= 0.3 is 16.9 Å². The van der Waals surface area contributed by atoms with Gasteiger partial charge in [0.1, 0.15) is 23.6 Å². The number of hydrogen-bond donors (Lipinski definition) is 3. The average molecular weight is 539 g/mol. The first kappa shape index (κ1) is 26.5. The highest BCUT2D eigenvalue weighted by molar-refractivity contribution is 7.84. The Morgan fingerprint density at radius 2 is 2.11 bits per heavy atom. The van der Waals surface area contributed by atoms with Gasteiger partial charge in [-0.15, -0.1) is 0 Å². The minimum atomic E-state index is -4.13. The van der Waals surface area contributed by atoms with Crippen LogP contribution < -0.4 is 15.2 Å². The van der Waals surface area contributed by atoms with E-state index >= 15 is 0 Å². The lowest BCUT2D eigenvalue weighted by Crippen LogP contribution is -2.24. The number of carbonyl (C=O) groups excluding carboxylic acids is 1. The molecular formula is C22H24F2N6O6S. The van der Waals surface area contributed by atoms with Gasteiger partial charge < -0.3 is 15.2 Å². The molecule has 4 N–H and O–H groups in total. The number of nitrogens with one attached hydrogen (secondary N) is 1. The summed E-state index contributed by atoms with van der Waals surface area (Å²) in [6, 6.07) is 7.36. The fourth-order valence-electron chi connectivity index (χ4n) is 4.10. The zero-order valence-electron chi connectivity index (χ0n) is 19.3. The molecule has 0 amide bonds. The molecule has 12 nitrogen and oxygen atoms in total. The lowest BCUT2D eigenvalue weighted by Gasteiger charge is -2.15. The van der Waals surface area contributed by atoms with Gasteiger partial charge in [-0.3, -0.25) is 13.7 Å². The molecule has 37 heavy (non-hydrogen) atoms. The Morgan fingerprint density at radius 3 is 2.86 bits per heavy atom. The van der Waals surface area contributed by atoms with Gasteiger partial charge in [-0.05, 0) is 36.6 Å². The Bertz CT molecular complexity index is 1350. The van der Waals surface area contributed by atoms with Gasteiger partial charge in [0, 0.05) is 24.4 Å². The minimum absolute atomic E-state index is 0.0172. The van der Waals surface area contributed by atoms with Crippen LogP contribution in [0, 0.1) is 5.92 Å². The molecular weight excluding hydrogens is 514 g/mol. The van der Waals surface area contributed by atoms with Crippen LogP contribution in [0.4, 0.5) is 14.6 Å². The number of carbonyl (C=O) groups is 1. The number of aromatic nitrogens is 4. The molecule has 4 rings (SSSR count). The van der Waals surface area contributed by atoms with E-state index in [1.54, 1.807) is 18.3 Å². The topological polar surface area (TPSA) is 172 Å². The first-order valence-corrected chi connectivity index (χ1v) is 12.6. The predicted octanol–water partition coefficient (Wildman–Crippen LogP) is 1.33. The molecule has 1 fully saturated rings. The number of nitrogens with two attached hydrogens (primary N) is 1. The van der Waals surface area contributed by atoms with Crippen LogP contribution in [-0.2, 0) is 21.0 Å². The van der Waals surface area contributed by atoms with Crippen molar-refractivity contribution >= 4 is 21.9 Å². The monoisotopic (exact) mass is 538 g/mol. The summed E-state index contributed by atoms with van der Waals surface area (Å²) in [6.07, 6.45) is 3.99. The van der Waals surface area contributed by atoms with Crippen LogP contribution in [0.3, 0.4) is 0 Å². The third-order valence-electron chi connectivity index (χ3n) is 5.74. The van der Waals surface area contributed by atoms with Gasteiger partial charge in [0.05, 0.1) is 24.8 Å². The van der Waals surface area contributed by atoms with Crippen molar-refractivity contribution in [1.82, 2.24) is 19.7 Å². The molecule has 1 aromatic carbocycles. The van der Waals surface area contributed by atoms with Crippen molar-refractivity contribution in [3.8, 4) is 5.75 Å². The summed E-state index contributed by atoms with van der Waals surface area (Å²) in [6.45, 7) is -2.98. The fraction of sp³-hybridized carbons (Fsp3) is 0.364. The number of aliphatic hydroxyl groups is 1. The minimum Gasteiger partial charge on any atom is -0.435 e. The number of ketones is 1. The molecule has 0 radical (unpaired) electrons. The summed E-state index contributed by atoms with van der Waals surface area (Å²) in [5, 5.41) is 22.5. The molecule has 3 aromatic rings. The number of alkyl halides is 2. The van der Waals surface area contributed by atoms with Crippen LogP contribution >= 0.6 is 0 Å². The van der Waals surface area contributed by atoms with Gasteiger partial charge in [-0.2, -0.15) is 22.3 Å². The van der Waals surface area contributed by atoms with E-state index in [2.05, 4.69) is 29.3 Å². The van der Waals surface area contributed by atoms with Crippen LogP contribution in [0.5, 0.6) is 5.75 Å². The van der Waals surface area contributed by atoms with E-state index in [4.69, 9.17) is 5.14 Å². The van der Waals surface area contributed by atoms with E-state index in [1.807, 2.05) is 0 Å². The molecule has 1 aliphatic rings. The van der Waals surface area contributed by atoms with Crippen molar-refractivity contribution in [2.75, 3.05) is 11.9 Å². The molecule has 0 bridgehead atoms. The fourth-order valence-corrected chi connectivity index (χ4v) is 4.47. The van der Waals surface area contributed by atoms with Gasteiger partial charge in [0.2, 0.25) is 5.78 Å². The van der Waals surface area contributed by atoms with Crippen molar-refractivity contribution in [2.45, 2.75) is 38.1 Å². The van der Waals surface area contributed by atoms with Crippen molar-refractivity contribution in [3.05, 3.63) is 65.9 Å². The van der Waals surface area contributed by atoms with Crippen molar-refractivity contribution in [2.24, 2.45) is 11.1 Å². The Kier molecular flexibility index (Phi) is 8.06. The molecule has 2 heterocycles. The number of aliphatic hydroxyl groups excluding tert-OH is 1. The third kappa shape index (κ3) is 7.25. The zero-order valence-corrected chi connectivity index (χ0v) is 20.1. The molecule has 0 unspecified atom stereocenters. The smallest absolute Gasteiger partial charge is 0.387 e. The molecule has 198 valence electrons. The number of hydrogen-bond acceptors (Lipinski definition) is 10. The predicted molar refractivity (Wildman–Crippen MR) is 125 cm³/mol. The standard InChI is InChI=1S/C22H24F2N6O6S/c23-22(24)36-16-3-1-2-13(6-16)10-30-5-4-18(29-30)20(32)17-9-26-12-27-21(17)28-15-7-14(19(31)8-15)11-35-37(25,33)34/h1-6,9,12,14-15,19,22,31H,7-8,10-11H2,(H2,25,33,34)(H,26,27,28)/t14-,15-,19+/m1/s1. The maximum absolute atomic E-state index is 13.2. The summed E-state index contributed by atoms with van der Waals surface area (Å²) in [5.74, 6) is -0.679. The summed E-state index contributed by atoms with van der Waals surface area (Å²) in [7, 11) is -4.13. The quantitative estimate of drug-likeness (QED) is 0.302. The summed E-state index contributed by atoms with van der Waals surface area (Å²) in [5.41, 5.74) is 0.911. The van der Waals surface area contributed by atoms with E-state index in [1.165, 1.54) is 35.4 Å². The second-order valence-electron chi connectivity index (χ2n) is 8.46. The lowest BCUT2D eigenvalue weighted by atomic mass is 10.1. The summed E-state index contributed by atoms with van der Waals surface area (Å²) < 4.78 is 57.5. The van der Waals surface area contributed by atoms with Gasteiger partial charge in [0.25, 0.3) is 0 Å². The van der Waals surface area contributed by atoms with Crippen molar-refractivity contribution in [1.29, 1.82) is 0 Å². The highest BCUT2D eigenvalue weighted by atomic mass is 32.2. The molecule has 15 heteroatoms. The maximum atomic E-state index is 13.2. The van der Waals surface area contributed by atoms with Crippen LogP contribution in [0.1, 0.15) is 34.5 Å². The molecule has 1 saturated carbocycles. The molecule has 0 aliphatic heterocycles. The van der Waals surface area contributed by atoms with Gasteiger partial charge in [-0.25, -0.2) is 15.1 Å². The van der Waals surface area contributed by atoms with Crippen molar-refractivity contribution in [3.63, 3.8) is 0 Å². The van der Waals surface area contributed by atoms with Crippen LogP contribution in [0.15, 0.2) is 49.1 Å². The SMILES string of the molecule is NS(=O)(=O)OC[C@H]1C[C@@H](Nc2ncncc2C(=O)c2ccn(Cc3cccc(OC(F)F)c3)n2)C[C@@H]1O. The highest BCUT2D eigenvalue weighted by Gasteiger charge is 2.34. The first-order valence-electron chi connectivity index (χ1n) is 11.1. The highest BCUT2D eigenvalue weighted by Crippen LogP contribution is 2.30. The Balaban J connectivity index is 1.43. The van der Waals surface area contributed by atoms with Gasteiger partial charge in [0.15, 0.2) is 0 Å². The molecule has 0 spiro atoms. The average Bonchev–Trinajstić information content (AvgIpc) is 3.43. The summed E-state index contributed by atoms with van der Waals surface area (Å²) in [4.78, 5) is 21.3. The van der Waals surface area contributed by atoms with Crippen LogP contribution in [0.25, 0.3) is 0 Å². The molecule has 0 saturated heterocycles. The second kappa shape index (κ2) is 11.2. The van der Waals surface area contributed by atoms with Gasteiger partial charge in [-0.1, -0.05) is 12.1 Å². The third-order valence-corrected chi connectivity index (χ3v) is 6.21. The zero-order chi connectivity index (χ0) is 26.6. The van der Waals surface area contributed by atoms with Crippen LogP contribution in [0.2, 0.25) is 0 Å². The number of nitrogens with zero attached hydrogens (tertiary/aromatic N) is 4. The van der Waals surface area contributed by atoms with E-state index in [9.17, 15) is 27.1 Å². The molecule has 2 aromatic heterocycles. The Morgan fingerprint density at radius 1 is 1.30 bits per heavy atom. The normalized spacial score (nSPS) is 19.8. The first-order chi connectivity index (χ1) is 17.6. The Labute approximate surface area is 210 Å². The number of halogens is 2. The van der Waals surface area contributed by atoms with Crippen LogP contribution in [-0.4, -0.2) is 64.4 Å². The largest absolute Gasteiger partial charge is 0.435 e. The van der Waals surface area contributed by atoms with E-state index in [0.717, 1.165) is 0 Å². The maximum Gasteiger partial charge on any atom is 0.387 e. The Hall–Kier alpha value is -3.53. The lowest BCUT2D eigenvalue weighted by molar-refractivity contribution is -0.0498. The number of rotatable bonds is 11. The number of benzene rings is 1. The number of ether oxygens (including phenoxy) is 1. The van der Waals surface area contributed by atoms with E-state index in [0.29, 0.717) is 12.0 Å².